The summed E-state index contributed by atoms with van der Waals surface area (Å²) in [6.45, 7) is 4.58. The van der Waals surface area contributed by atoms with Gasteiger partial charge in [-0.1, -0.05) is 114 Å². The van der Waals surface area contributed by atoms with Crippen LogP contribution in [0.1, 0.15) is 140 Å². The maximum Gasteiger partial charge on any atom is 0.131 e. The first-order valence-corrected chi connectivity index (χ1v) is 15.1. The lowest BCUT2D eigenvalue weighted by Gasteiger charge is -2.38. The molecule has 4 rings (SSSR count). The summed E-state index contributed by atoms with van der Waals surface area (Å²) in [6.07, 6.45) is 22.5. The molecular formula is C34H49F. The zero-order chi connectivity index (χ0) is 24.5. The Morgan fingerprint density at radius 3 is 2.11 bits per heavy atom. The normalized spacial score (nSPS) is 22.3. The number of hydrogen-bond donors (Lipinski definition) is 0. The smallest absolute Gasteiger partial charge is 0.131 e. The summed E-state index contributed by atoms with van der Waals surface area (Å²) in [6, 6.07) is 15.1. The van der Waals surface area contributed by atoms with Crippen LogP contribution in [0, 0.1) is 11.7 Å². The lowest BCUT2D eigenvalue weighted by atomic mass is 9.66. The molecule has 0 N–H and O–H groups in total. The van der Waals surface area contributed by atoms with Crippen LogP contribution in [-0.4, -0.2) is 0 Å². The Bertz CT molecular complexity index is 881. The summed E-state index contributed by atoms with van der Waals surface area (Å²) in [4.78, 5) is 0. The molecular weight excluding hydrogens is 427 g/mol. The lowest BCUT2D eigenvalue weighted by molar-refractivity contribution is 0.266. The van der Waals surface area contributed by atoms with E-state index in [4.69, 9.17) is 0 Å². The third-order valence-corrected chi connectivity index (χ3v) is 9.41. The molecule has 1 heteroatoms. The molecule has 0 spiro atoms. The number of hydrogen-bond acceptors (Lipinski definition) is 0. The van der Waals surface area contributed by atoms with E-state index in [2.05, 4.69) is 44.2 Å². The Morgan fingerprint density at radius 1 is 0.771 bits per heavy atom. The van der Waals surface area contributed by atoms with E-state index in [1.807, 2.05) is 12.1 Å². The maximum absolute atomic E-state index is 15.3. The van der Waals surface area contributed by atoms with Crippen molar-refractivity contribution >= 4 is 0 Å². The van der Waals surface area contributed by atoms with Crippen molar-refractivity contribution in [3.63, 3.8) is 0 Å². The molecule has 0 unspecified atom stereocenters. The molecule has 0 bridgehead atoms. The van der Waals surface area contributed by atoms with Crippen LogP contribution in [0.2, 0.25) is 0 Å². The van der Waals surface area contributed by atoms with E-state index in [1.165, 1.54) is 120 Å². The van der Waals surface area contributed by atoms with Crippen LogP contribution in [0.4, 0.5) is 4.39 Å². The maximum atomic E-state index is 15.3. The minimum Gasteiger partial charge on any atom is -0.206 e. The second-order valence-corrected chi connectivity index (χ2v) is 11.8. The highest BCUT2D eigenvalue weighted by Crippen LogP contribution is 2.44. The van der Waals surface area contributed by atoms with Gasteiger partial charge >= 0.3 is 0 Å². The Hall–Kier alpha value is -1.63. The molecule has 0 radical (unpaired) electrons. The van der Waals surface area contributed by atoms with E-state index in [0.717, 1.165) is 17.0 Å². The van der Waals surface area contributed by atoms with Crippen LogP contribution in [0.3, 0.4) is 0 Å². The van der Waals surface area contributed by atoms with E-state index < -0.39 is 0 Å². The SMILES string of the molecule is CCCCCC1CCC(c2ccc(-c3ccc(C4(CCCCC)CCCCC4)cc3)c(F)c2)CC1. The monoisotopic (exact) mass is 476 g/mol. The van der Waals surface area contributed by atoms with E-state index in [-0.39, 0.29) is 5.82 Å². The molecule has 0 amide bonds. The summed E-state index contributed by atoms with van der Waals surface area (Å²) in [5, 5.41) is 0. The third-order valence-electron chi connectivity index (χ3n) is 9.41. The number of rotatable bonds is 11. The molecule has 2 aliphatic carbocycles. The first-order chi connectivity index (χ1) is 17.1. The van der Waals surface area contributed by atoms with Crippen molar-refractivity contribution in [1.82, 2.24) is 0 Å². The third kappa shape index (κ3) is 6.78. The predicted molar refractivity (Wildman–Crippen MR) is 150 cm³/mol. The van der Waals surface area contributed by atoms with Crippen LogP contribution in [0.25, 0.3) is 11.1 Å². The molecule has 2 fully saturated rings. The Morgan fingerprint density at radius 2 is 1.46 bits per heavy atom. The van der Waals surface area contributed by atoms with Gasteiger partial charge in [0.2, 0.25) is 0 Å². The average Bonchev–Trinajstić information content (AvgIpc) is 2.90. The fourth-order valence-corrected chi connectivity index (χ4v) is 7.12. The topological polar surface area (TPSA) is 0 Å². The van der Waals surface area contributed by atoms with Gasteiger partial charge in [0.25, 0.3) is 0 Å². The van der Waals surface area contributed by atoms with Crippen molar-refractivity contribution in [3.8, 4) is 11.1 Å². The molecule has 35 heavy (non-hydrogen) atoms. The second kappa shape index (κ2) is 13.1. The van der Waals surface area contributed by atoms with Crippen molar-refractivity contribution in [3.05, 3.63) is 59.4 Å². The Kier molecular flexibility index (Phi) is 9.87. The van der Waals surface area contributed by atoms with E-state index in [0.29, 0.717) is 11.3 Å². The number of unbranched alkanes of at least 4 members (excludes halogenated alkanes) is 4. The summed E-state index contributed by atoms with van der Waals surface area (Å²) >= 11 is 0. The molecule has 2 aromatic rings. The van der Waals surface area contributed by atoms with Crippen molar-refractivity contribution in [1.29, 1.82) is 0 Å². The Balaban J connectivity index is 1.41. The van der Waals surface area contributed by atoms with Gasteiger partial charge < -0.3 is 0 Å². The van der Waals surface area contributed by atoms with Gasteiger partial charge in [-0.15, -0.1) is 0 Å². The van der Waals surface area contributed by atoms with Crippen molar-refractivity contribution in [2.24, 2.45) is 5.92 Å². The predicted octanol–water partition coefficient (Wildman–Crippen LogP) is 11.1. The van der Waals surface area contributed by atoms with Gasteiger partial charge in [0.15, 0.2) is 0 Å². The molecule has 2 saturated carbocycles. The average molecular weight is 477 g/mol. The van der Waals surface area contributed by atoms with Gasteiger partial charge in [0, 0.05) is 5.56 Å². The molecule has 0 atom stereocenters. The molecule has 0 aliphatic heterocycles. The lowest BCUT2D eigenvalue weighted by Crippen LogP contribution is -2.29. The van der Waals surface area contributed by atoms with Gasteiger partial charge in [0.1, 0.15) is 5.82 Å². The molecule has 2 aromatic carbocycles. The quantitative estimate of drug-likeness (QED) is 0.283. The van der Waals surface area contributed by atoms with Crippen LogP contribution in [-0.2, 0) is 5.41 Å². The van der Waals surface area contributed by atoms with E-state index >= 15 is 4.39 Å². The Labute approximate surface area is 215 Å². The summed E-state index contributed by atoms with van der Waals surface area (Å²) in [5.41, 5.74) is 4.84. The van der Waals surface area contributed by atoms with Crippen LogP contribution < -0.4 is 0 Å². The first-order valence-electron chi connectivity index (χ1n) is 15.1. The number of halogens is 1. The molecule has 0 saturated heterocycles. The highest BCUT2D eigenvalue weighted by atomic mass is 19.1. The highest BCUT2D eigenvalue weighted by Gasteiger charge is 2.33. The molecule has 0 aromatic heterocycles. The van der Waals surface area contributed by atoms with Gasteiger partial charge in [-0.05, 0) is 85.0 Å². The molecule has 0 heterocycles. The van der Waals surface area contributed by atoms with Crippen LogP contribution >= 0.6 is 0 Å². The minimum absolute atomic E-state index is 0.0457. The highest BCUT2D eigenvalue weighted by molar-refractivity contribution is 5.65. The molecule has 2 aliphatic rings. The van der Waals surface area contributed by atoms with E-state index in [1.54, 1.807) is 0 Å². The van der Waals surface area contributed by atoms with Gasteiger partial charge in [-0.25, -0.2) is 4.39 Å². The zero-order valence-corrected chi connectivity index (χ0v) is 22.6. The molecule has 192 valence electrons. The van der Waals surface area contributed by atoms with Crippen molar-refractivity contribution in [2.45, 2.75) is 134 Å². The van der Waals surface area contributed by atoms with E-state index in [9.17, 15) is 0 Å². The zero-order valence-electron chi connectivity index (χ0n) is 22.6. The van der Waals surface area contributed by atoms with Gasteiger partial charge in [-0.3, -0.25) is 0 Å². The first kappa shape index (κ1) is 26.4. The van der Waals surface area contributed by atoms with Gasteiger partial charge in [-0.2, -0.15) is 0 Å². The fraction of sp³-hybridized carbons (Fsp3) is 0.647. The number of benzene rings is 2. The second-order valence-electron chi connectivity index (χ2n) is 11.8. The summed E-state index contributed by atoms with van der Waals surface area (Å²) < 4.78 is 15.3. The molecule has 0 nitrogen and oxygen atoms in total. The fourth-order valence-electron chi connectivity index (χ4n) is 7.12. The van der Waals surface area contributed by atoms with Gasteiger partial charge in [0.05, 0.1) is 0 Å². The minimum atomic E-state index is -0.0457. The van der Waals surface area contributed by atoms with Crippen LogP contribution in [0.15, 0.2) is 42.5 Å². The largest absolute Gasteiger partial charge is 0.206 e. The summed E-state index contributed by atoms with van der Waals surface area (Å²) in [5.74, 6) is 1.39. The van der Waals surface area contributed by atoms with Crippen LogP contribution in [0.5, 0.6) is 0 Å². The standard InChI is InChI=1S/C34H49F/c1-3-5-8-12-27-13-15-28(16-14-27)30-19-22-32(33(35)26-30)29-17-20-31(21-18-29)34(23-9-6-4-2)24-10-7-11-25-34/h17-22,26-28H,3-16,23-25H2,1-2H3. The summed E-state index contributed by atoms with van der Waals surface area (Å²) in [7, 11) is 0. The van der Waals surface area contributed by atoms with Crippen molar-refractivity contribution in [2.75, 3.05) is 0 Å². The van der Waals surface area contributed by atoms with Crippen molar-refractivity contribution < 1.29 is 4.39 Å².